The van der Waals surface area contributed by atoms with Gasteiger partial charge in [0, 0.05) is 50.5 Å². The number of rotatable bonds is 5. The lowest BCUT2D eigenvalue weighted by molar-refractivity contribution is 0.0817. The fraction of sp³-hybridized carbons (Fsp3) is 0.294. The van der Waals surface area contributed by atoms with Crippen LogP contribution in [0.25, 0.3) is 0 Å². The Kier molecular flexibility index (Phi) is 6.05. The van der Waals surface area contributed by atoms with Gasteiger partial charge < -0.3 is 14.6 Å². The normalized spacial score (nSPS) is 15.2. The van der Waals surface area contributed by atoms with E-state index in [0.717, 1.165) is 18.0 Å². The van der Waals surface area contributed by atoms with E-state index in [9.17, 15) is 21.6 Å². The number of sulfonamides is 1. The molecule has 0 saturated carbocycles. The number of hydrogen-bond donors (Lipinski definition) is 1. The summed E-state index contributed by atoms with van der Waals surface area (Å²) in [6.07, 6.45) is 3.40. The number of nitrogens with one attached hydrogen (secondary N) is 1. The van der Waals surface area contributed by atoms with Crippen LogP contribution in [0.4, 0.5) is 10.5 Å². The molecule has 2 heterocycles. The van der Waals surface area contributed by atoms with Gasteiger partial charge in [-0.25, -0.2) is 21.6 Å². The standard InChI is InChI=1S/C17H20N4O6S2/c1-28(23,24)15-4-2-3-5-16(15)29(25,26)19-27-17(22)21-12-10-20(11-13-21)14-6-8-18-9-7-14/h2-9,19H,10-13H2,1H3. The Balaban J connectivity index is 1.61. The van der Waals surface area contributed by atoms with Crippen molar-refractivity contribution in [2.45, 2.75) is 9.79 Å². The van der Waals surface area contributed by atoms with Crippen molar-refractivity contribution in [1.29, 1.82) is 0 Å². The van der Waals surface area contributed by atoms with Gasteiger partial charge in [0.2, 0.25) is 0 Å². The molecule has 0 radical (unpaired) electrons. The van der Waals surface area contributed by atoms with Crippen LogP contribution >= 0.6 is 0 Å². The number of nitrogens with zero attached hydrogens (tertiary/aromatic N) is 3. The number of carbonyl (C=O) groups excluding carboxylic acids is 1. The first-order valence-corrected chi connectivity index (χ1v) is 12.0. The van der Waals surface area contributed by atoms with Crippen LogP contribution < -0.4 is 9.79 Å². The average molecular weight is 441 g/mol. The van der Waals surface area contributed by atoms with Crippen molar-refractivity contribution in [1.82, 2.24) is 14.8 Å². The highest BCUT2D eigenvalue weighted by atomic mass is 32.2. The zero-order valence-corrected chi connectivity index (χ0v) is 17.2. The summed E-state index contributed by atoms with van der Waals surface area (Å²) in [5.41, 5.74) is 0.978. The van der Waals surface area contributed by atoms with Gasteiger partial charge in [-0.05, 0) is 29.2 Å². The maximum Gasteiger partial charge on any atom is 0.429 e. The molecule has 0 spiro atoms. The SMILES string of the molecule is CS(=O)(=O)c1ccccc1S(=O)(=O)NOC(=O)N1CCN(c2ccncc2)CC1. The van der Waals surface area contributed by atoms with Crippen molar-refractivity contribution < 1.29 is 26.5 Å². The van der Waals surface area contributed by atoms with Crippen LogP contribution in [0.2, 0.25) is 0 Å². The first kappa shape index (κ1) is 21.0. The molecule has 156 valence electrons. The molecule has 1 aromatic carbocycles. The first-order valence-electron chi connectivity index (χ1n) is 8.60. The Morgan fingerprint density at radius 2 is 1.55 bits per heavy atom. The molecule has 1 aromatic heterocycles. The predicted molar refractivity (Wildman–Crippen MR) is 104 cm³/mol. The zero-order chi connectivity index (χ0) is 21.1. The maximum atomic E-state index is 12.4. The molecule has 10 nitrogen and oxygen atoms in total. The molecule has 0 aliphatic carbocycles. The number of aromatic nitrogens is 1. The molecule has 12 heteroatoms. The summed E-state index contributed by atoms with van der Waals surface area (Å²) in [7, 11) is -8.17. The van der Waals surface area contributed by atoms with Crippen molar-refractivity contribution in [3.8, 4) is 0 Å². The second-order valence-electron chi connectivity index (χ2n) is 6.35. The molecule has 0 bridgehead atoms. The third-order valence-corrected chi connectivity index (χ3v) is 6.86. The molecular formula is C17H20N4O6S2. The smallest absolute Gasteiger partial charge is 0.368 e. The molecule has 29 heavy (non-hydrogen) atoms. The zero-order valence-electron chi connectivity index (χ0n) is 15.6. The van der Waals surface area contributed by atoms with Gasteiger partial charge in [0.05, 0.1) is 4.90 Å². The second-order valence-corrected chi connectivity index (χ2v) is 9.95. The minimum absolute atomic E-state index is 0.336. The fourth-order valence-electron chi connectivity index (χ4n) is 2.88. The van der Waals surface area contributed by atoms with Gasteiger partial charge in [0.15, 0.2) is 9.84 Å². The number of benzene rings is 1. The van der Waals surface area contributed by atoms with E-state index in [4.69, 9.17) is 4.84 Å². The van der Waals surface area contributed by atoms with Crippen LogP contribution in [0.15, 0.2) is 58.6 Å². The van der Waals surface area contributed by atoms with Gasteiger partial charge in [0.25, 0.3) is 10.0 Å². The van der Waals surface area contributed by atoms with E-state index in [1.165, 1.54) is 23.1 Å². The van der Waals surface area contributed by atoms with Crippen molar-refractivity contribution >= 4 is 31.6 Å². The van der Waals surface area contributed by atoms with Crippen LogP contribution in [-0.4, -0.2) is 65.2 Å². The Morgan fingerprint density at radius 1 is 0.966 bits per heavy atom. The van der Waals surface area contributed by atoms with E-state index in [0.29, 0.717) is 26.2 Å². The Bertz CT molecular complexity index is 1080. The molecule has 1 fully saturated rings. The van der Waals surface area contributed by atoms with Crippen LogP contribution in [-0.2, 0) is 24.7 Å². The quantitative estimate of drug-likeness (QED) is 0.671. The number of carbonyl (C=O) groups is 1. The lowest BCUT2D eigenvalue weighted by atomic mass is 10.3. The van der Waals surface area contributed by atoms with Gasteiger partial charge >= 0.3 is 6.09 Å². The Hall–Kier alpha value is -2.70. The molecule has 3 rings (SSSR count). The highest BCUT2D eigenvalue weighted by Crippen LogP contribution is 2.20. The van der Waals surface area contributed by atoms with E-state index in [2.05, 4.69) is 9.88 Å². The predicted octanol–water partition coefficient (Wildman–Crippen LogP) is 0.637. The first-order chi connectivity index (χ1) is 13.7. The summed E-state index contributed by atoms with van der Waals surface area (Å²) < 4.78 is 48.5. The van der Waals surface area contributed by atoms with Crippen LogP contribution in [0.1, 0.15) is 0 Å². The molecule has 1 aliphatic heterocycles. The average Bonchev–Trinajstić information content (AvgIpc) is 2.72. The van der Waals surface area contributed by atoms with Crippen LogP contribution in [0, 0.1) is 0 Å². The Morgan fingerprint density at radius 3 is 2.14 bits per heavy atom. The summed E-state index contributed by atoms with van der Waals surface area (Å²) >= 11 is 0. The number of piperazine rings is 1. The van der Waals surface area contributed by atoms with Crippen molar-refractivity contribution in [3.05, 3.63) is 48.8 Å². The molecule has 1 saturated heterocycles. The van der Waals surface area contributed by atoms with Crippen molar-refractivity contribution in [3.63, 3.8) is 0 Å². The summed E-state index contributed by atoms with van der Waals surface area (Å²) in [6, 6.07) is 8.81. The minimum Gasteiger partial charge on any atom is -0.368 e. The van der Waals surface area contributed by atoms with Crippen molar-refractivity contribution in [2.75, 3.05) is 37.3 Å². The molecule has 0 unspecified atom stereocenters. The number of amides is 1. The Labute approximate surface area is 169 Å². The van der Waals surface area contributed by atoms with Crippen LogP contribution in [0.3, 0.4) is 0 Å². The van der Waals surface area contributed by atoms with Gasteiger partial charge in [-0.2, -0.15) is 0 Å². The largest absolute Gasteiger partial charge is 0.429 e. The van der Waals surface area contributed by atoms with Crippen LogP contribution in [0.5, 0.6) is 0 Å². The third-order valence-electron chi connectivity index (χ3n) is 4.34. The van der Waals surface area contributed by atoms with Gasteiger partial charge in [-0.15, -0.1) is 0 Å². The minimum atomic E-state index is -4.38. The summed E-state index contributed by atoms with van der Waals surface area (Å²) in [5.74, 6) is 0. The number of sulfone groups is 1. The second kappa shape index (κ2) is 8.35. The highest BCUT2D eigenvalue weighted by Gasteiger charge is 2.27. The van der Waals surface area contributed by atoms with E-state index in [1.54, 1.807) is 17.3 Å². The lowest BCUT2D eigenvalue weighted by Crippen LogP contribution is -2.50. The van der Waals surface area contributed by atoms with E-state index >= 15 is 0 Å². The van der Waals surface area contributed by atoms with Gasteiger partial charge in [0.1, 0.15) is 4.90 Å². The number of hydrogen-bond acceptors (Lipinski definition) is 8. The van der Waals surface area contributed by atoms with E-state index in [1.807, 2.05) is 12.1 Å². The van der Waals surface area contributed by atoms with Gasteiger partial charge in [-0.3, -0.25) is 4.98 Å². The molecular weight excluding hydrogens is 420 g/mol. The molecule has 1 amide bonds. The molecule has 1 N–H and O–H groups in total. The van der Waals surface area contributed by atoms with Crippen molar-refractivity contribution in [2.24, 2.45) is 0 Å². The summed E-state index contributed by atoms with van der Waals surface area (Å²) in [6.45, 7) is 1.76. The van der Waals surface area contributed by atoms with E-state index in [-0.39, 0.29) is 4.90 Å². The van der Waals surface area contributed by atoms with Gasteiger partial charge in [-0.1, -0.05) is 12.1 Å². The number of anilines is 1. The molecule has 2 aromatic rings. The summed E-state index contributed by atoms with van der Waals surface area (Å²) in [4.78, 5) is 25.2. The number of pyridine rings is 1. The lowest BCUT2D eigenvalue weighted by Gasteiger charge is -2.35. The third kappa shape index (κ3) is 5.02. The monoisotopic (exact) mass is 440 g/mol. The summed E-state index contributed by atoms with van der Waals surface area (Å²) in [5, 5.41) is 0. The fourth-order valence-corrected chi connectivity index (χ4v) is 5.28. The topological polar surface area (TPSA) is 126 Å². The van der Waals surface area contributed by atoms with E-state index < -0.39 is 30.8 Å². The molecule has 1 aliphatic rings. The molecule has 0 atom stereocenters. The maximum absolute atomic E-state index is 12.4. The highest BCUT2D eigenvalue weighted by molar-refractivity contribution is 7.93.